The highest BCUT2D eigenvalue weighted by Gasteiger charge is 2.05. The fourth-order valence-corrected chi connectivity index (χ4v) is 2.00. The molecular formula is C13H15NO2. The predicted octanol–water partition coefficient (Wildman–Crippen LogP) is 2.88. The number of hydrogen-bond acceptors (Lipinski definition) is 1. The van der Waals surface area contributed by atoms with Crippen molar-refractivity contribution in [2.45, 2.75) is 26.2 Å². The Balaban J connectivity index is 2.20. The molecule has 84 valence electrons. The lowest BCUT2D eigenvalue weighted by molar-refractivity contribution is -0.137. The van der Waals surface area contributed by atoms with Crippen LogP contribution in [0.5, 0.6) is 0 Å². The topological polar surface area (TPSA) is 53.1 Å². The molecule has 0 aliphatic carbocycles. The summed E-state index contributed by atoms with van der Waals surface area (Å²) in [7, 11) is 0. The zero-order valence-corrected chi connectivity index (χ0v) is 9.29. The summed E-state index contributed by atoms with van der Waals surface area (Å²) in [5.41, 5.74) is 3.58. The lowest BCUT2D eigenvalue weighted by Gasteiger charge is -2.02. The van der Waals surface area contributed by atoms with Crippen molar-refractivity contribution in [3.05, 3.63) is 35.5 Å². The Morgan fingerprint density at radius 1 is 1.44 bits per heavy atom. The molecule has 16 heavy (non-hydrogen) atoms. The molecule has 0 fully saturated rings. The number of benzene rings is 1. The van der Waals surface area contributed by atoms with Crippen molar-refractivity contribution >= 4 is 16.9 Å². The fraction of sp³-hybridized carbons (Fsp3) is 0.308. The molecule has 2 N–H and O–H groups in total. The van der Waals surface area contributed by atoms with Crippen LogP contribution in [0.2, 0.25) is 0 Å². The highest BCUT2D eigenvalue weighted by Crippen LogP contribution is 2.22. The fourth-order valence-electron chi connectivity index (χ4n) is 2.00. The first-order valence-corrected chi connectivity index (χ1v) is 5.46. The van der Waals surface area contributed by atoms with Crippen molar-refractivity contribution in [3.63, 3.8) is 0 Å². The van der Waals surface area contributed by atoms with Gasteiger partial charge in [0, 0.05) is 23.5 Å². The third kappa shape index (κ3) is 2.08. The first-order valence-electron chi connectivity index (χ1n) is 5.46. The molecule has 0 amide bonds. The van der Waals surface area contributed by atoms with E-state index in [0.29, 0.717) is 6.42 Å². The molecule has 0 atom stereocenters. The summed E-state index contributed by atoms with van der Waals surface area (Å²) < 4.78 is 0. The van der Waals surface area contributed by atoms with Crippen molar-refractivity contribution in [2.24, 2.45) is 0 Å². The maximum Gasteiger partial charge on any atom is 0.303 e. The summed E-state index contributed by atoms with van der Waals surface area (Å²) in [4.78, 5) is 13.7. The molecule has 0 aliphatic rings. The number of nitrogens with one attached hydrogen (secondary N) is 1. The normalized spacial score (nSPS) is 10.8. The van der Waals surface area contributed by atoms with Gasteiger partial charge in [-0.15, -0.1) is 0 Å². The minimum atomic E-state index is -0.727. The van der Waals surface area contributed by atoms with Gasteiger partial charge in [0.2, 0.25) is 0 Å². The number of para-hydroxylation sites is 1. The number of rotatable bonds is 4. The predicted molar refractivity (Wildman–Crippen MR) is 63.6 cm³/mol. The molecule has 0 aliphatic heterocycles. The number of fused-ring (bicyclic) bond motifs is 1. The highest BCUT2D eigenvalue weighted by atomic mass is 16.4. The summed E-state index contributed by atoms with van der Waals surface area (Å²) in [5.74, 6) is -0.727. The smallest absolute Gasteiger partial charge is 0.303 e. The third-order valence-electron chi connectivity index (χ3n) is 2.85. The molecule has 1 heterocycles. The molecule has 2 rings (SSSR count). The molecule has 3 heteroatoms. The number of aromatic amines is 1. The number of carboxylic acids is 1. The van der Waals surface area contributed by atoms with Gasteiger partial charge < -0.3 is 10.1 Å². The lowest BCUT2D eigenvalue weighted by atomic mass is 10.0. The number of aryl methyl sites for hydroxylation is 2. The number of H-pyrrole nitrogens is 1. The van der Waals surface area contributed by atoms with Crippen molar-refractivity contribution in [3.8, 4) is 0 Å². The number of aromatic nitrogens is 1. The Morgan fingerprint density at radius 2 is 2.25 bits per heavy atom. The van der Waals surface area contributed by atoms with Gasteiger partial charge >= 0.3 is 5.97 Å². The van der Waals surface area contributed by atoms with E-state index in [9.17, 15) is 4.79 Å². The number of carboxylic acid groups (broad SMARTS) is 1. The quantitative estimate of drug-likeness (QED) is 0.827. The summed E-state index contributed by atoms with van der Waals surface area (Å²) in [6.45, 7) is 2.07. The SMILES string of the molecule is Cc1c[nH]c2c(CCCC(=O)O)cccc12. The Kier molecular flexibility index (Phi) is 2.95. The monoisotopic (exact) mass is 217 g/mol. The molecule has 2 aromatic rings. The van der Waals surface area contributed by atoms with Crippen molar-refractivity contribution in [2.75, 3.05) is 0 Å². The van der Waals surface area contributed by atoms with Gasteiger partial charge in [0.05, 0.1) is 0 Å². The van der Waals surface area contributed by atoms with Crippen LogP contribution in [-0.4, -0.2) is 16.1 Å². The van der Waals surface area contributed by atoms with Crippen LogP contribution in [0.4, 0.5) is 0 Å². The van der Waals surface area contributed by atoms with Crippen molar-refractivity contribution in [1.82, 2.24) is 4.98 Å². The second kappa shape index (κ2) is 4.39. The molecule has 0 saturated carbocycles. The molecule has 1 aromatic heterocycles. The Hall–Kier alpha value is -1.77. The molecule has 0 bridgehead atoms. The minimum absolute atomic E-state index is 0.232. The van der Waals surface area contributed by atoms with Crippen LogP contribution in [0.15, 0.2) is 24.4 Å². The van der Waals surface area contributed by atoms with Crippen LogP contribution in [0, 0.1) is 6.92 Å². The maximum atomic E-state index is 10.4. The van der Waals surface area contributed by atoms with Gasteiger partial charge in [0.15, 0.2) is 0 Å². The van der Waals surface area contributed by atoms with E-state index in [1.165, 1.54) is 16.5 Å². The van der Waals surface area contributed by atoms with Gasteiger partial charge in [0.1, 0.15) is 0 Å². The average Bonchev–Trinajstić information content (AvgIpc) is 2.61. The van der Waals surface area contributed by atoms with Gasteiger partial charge in [0.25, 0.3) is 0 Å². The van der Waals surface area contributed by atoms with Crippen LogP contribution in [-0.2, 0) is 11.2 Å². The van der Waals surface area contributed by atoms with Gasteiger partial charge in [-0.1, -0.05) is 18.2 Å². The van der Waals surface area contributed by atoms with E-state index in [1.54, 1.807) is 0 Å². The van der Waals surface area contributed by atoms with Crippen molar-refractivity contribution < 1.29 is 9.90 Å². The molecular weight excluding hydrogens is 202 g/mol. The summed E-state index contributed by atoms with van der Waals surface area (Å²) in [6, 6.07) is 6.17. The third-order valence-corrected chi connectivity index (χ3v) is 2.85. The minimum Gasteiger partial charge on any atom is -0.481 e. The zero-order chi connectivity index (χ0) is 11.5. The van der Waals surface area contributed by atoms with Gasteiger partial charge in [-0.3, -0.25) is 4.79 Å². The second-order valence-electron chi connectivity index (χ2n) is 4.06. The van der Waals surface area contributed by atoms with Crippen LogP contribution in [0.25, 0.3) is 10.9 Å². The average molecular weight is 217 g/mol. The molecule has 0 saturated heterocycles. The molecule has 3 nitrogen and oxygen atoms in total. The number of hydrogen-bond donors (Lipinski definition) is 2. The lowest BCUT2D eigenvalue weighted by Crippen LogP contribution is -1.96. The Morgan fingerprint density at radius 3 is 3.00 bits per heavy atom. The van der Waals surface area contributed by atoms with E-state index in [-0.39, 0.29) is 6.42 Å². The first-order chi connectivity index (χ1) is 7.68. The van der Waals surface area contributed by atoms with E-state index in [0.717, 1.165) is 11.9 Å². The zero-order valence-electron chi connectivity index (χ0n) is 9.29. The van der Waals surface area contributed by atoms with E-state index in [4.69, 9.17) is 5.11 Å². The summed E-state index contributed by atoms with van der Waals surface area (Å²) in [6.07, 6.45) is 3.72. The number of carbonyl (C=O) groups is 1. The van der Waals surface area contributed by atoms with Gasteiger partial charge in [-0.25, -0.2) is 0 Å². The molecule has 1 aromatic carbocycles. The van der Waals surface area contributed by atoms with Crippen molar-refractivity contribution in [1.29, 1.82) is 0 Å². The van der Waals surface area contributed by atoms with E-state index in [1.807, 2.05) is 12.3 Å². The van der Waals surface area contributed by atoms with E-state index < -0.39 is 5.97 Å². The van der Waals surface area contributed by atoms with Crippen LogP contribution < -0.4 is 0 Å². The number of aliphatic carboxylic acids is 1. The summed E-state index contributed by atoms with van der Waals surface area (Å²) in [5, 5.41) is 9.83. The van der Waals surface area contributed by atoms with E-state index >= 15 is 0 Å². The molecule has 0 unspecified atom stereocenters. The first kappa shape index (κ1) is 10.7. The largest absolute Gasteiger partial charge is 0.481 e. The Labute approximate surface area is 94.1 Å². The van der Waals surface area contributed by atoms with E-state index in [2.05, 4.69) is 24.0 Å². The second-order valence-corrected chi connectivity index (χ2v) is 4.06. The van der Waals surface area contributed by atoms with Crippen LogP contribution in [0.3, 0.4) is 0 Å². The Bertz CT molecular complexity index is 514. The van der Waals surface area contributed by atoms with Crippen LogP contribution >= 0.6 is 0 Å². The van der Waals surface area contributed by atoms with Crippen LogP contribution in [0.1, 0.15) is 24.0 Å². The standard InChI is InChI=1S/C13H15NO2/c1-9-8-14-13-10(4-2-6-11(9)13)5-3-7-12(15)16/h2,4,6,8,14H,3,5,7H2,1H3,(H,15,16). The van der Waals surface area contributed by atoms with Gasteiger partial charge in [-0.05, 0) is 30.9 Å². The highest BCUT2D eigenvalue weighted by molar-refractivity contribution is 5.85. The molecule has 0 radical (unpaired) electrons. The molecule has 0 spiro atoms. The van der Waals surface area contributed by atoms with Gasteiger partial charge in [-0.2, -0.15) is 0 Å². The summed E-state index contributed by atoms with van der Waals surface area (Å²) >= 11 is 0. The maximum absolute atomic E-state index is 10.4.